The molecule has 5 rings (SSSR count). The maximum Gasteiger partial charge on any atom is 0.363 e. The van der Waals surface area contributed by atoms with E-state index in [1.165, 1.54) is 0 Å². The summed E-state index contributed by atoms with van der Waals surface area (Å²) in [6, 6.07) is 26.0. The zero-order chi connectivity index (χ0) is 22.1. The van der Waals surface area contributed by atoms with Crippen LogP contribution in [0, 0.1) is 13.8 Å². The Morgan fingerprint density at radius 3 is 2.50 bits per heavy atom. The Hall–Kier alpha value is -3.70. The molecule has 0 fully saturated rings. The third kappa shape index (κ3) is 4.20. The van der Waals surface area contributed by atoms with E-state index in [0.29, 0.717) is 5.90 Å². The van der Waals surface area contributed by atoms with Crippen LogP contribution in [-0.4, -0.2) is 16.9 Å². The fraction of sp³-hybridized carbons (Fsp3) is 0.0741. The van der Waals surface area contributed by atoms with Crippen molar-refractivity contribution in [2.45, 2.75) is 23.8 Å². The first kappa shape index (κ1) is 20.2. The summed E-state index contributed by atoms with van der Waals surface area (Å²) in [5, 5.41) is 1.83. The normalized spacial score (nSPS) is 14.6. The lowest BCUT2D eigenvalue weighted by Crippen LogP contribution is -2.05. The van der Waals surface area contributed by atoms with Crippen LogP contribution in [0.15, 0.2) is 99.5 Å². The van der Waals surface area contributed by atoms with Crippen LogP contribution in [0.3, 0.4) is 0 Å². The molecule has 0 unspecified atom stereocenters. The number of aryl methyl sites for hydroxylation is 2. The van der Waals surface area contributed by atoms with Crippen LogP contribution in [0.5, 0.6) is 0 Å². The number of pyridine rings is 1. The van der Waals surface area contributed by atoms with Crippen molar-refractivity contribution in [3.63, 3.8) is 0 Å². The highest BCUT2D eigenvalue weighted by atomic mass is 32.2. The maximum atomic E-state index is 12.6. The minimum absolute atomic E-state index is 0.269. The van der Waals surface area contributed by atoms with Crippen LogP contribution >= 0.6 is 11.8 Å². The molecule has 1 aliphatic rings. The number of rotatable bonds is 4. The van der Waals surface area contributed by atoms with Gasteiger partial charge in [-0.3, -0.25) is 0 Å². The third-order valence-electron chi connectivity index (χ3n) is 5.10. The molecule has 0 N–H and O–H groups in total. The Labute approximate surface area is 190 Å². The van der Waals surface area contributed by atoms with Gasteiger partial charge in [0.15, 0.2) is 5.70 Å². The second-order valence-corrected chi connectivity index (χ2v) is 8.76. The van der Waals surface area contributed by atoms with Gasteiger partial charge in [0.25, 0.3) is 0 Å². The highest BCUT2D eigenvalue weighted by molar-refractivity contribution is 7.99. The highest BCUT2D eigenvalue weighted by Gasteiger charge is 2.25. The van der Waals surface area contributed by atoms with E-state index in [9.17, 15) is 4.79 Å². The second kappa shape index (κ2) is 8.44. The van der Waals surface area contributed by atoms with Crippen molar-refractivity contribution in [1.29, 1.82) is 0 Å². The predicted octanol–water partition coefficient (Wildman–Crippen LogP) is 6.35. The first-order valence-electron chi connectivity index (χ1n) is 10.3. The lowest BCUT2D eigenvalue weighted by molar-refractivity contribution is -0.129. The van der Waals surface area contributed by atoms with Crippen LogP contribution in [0.4, 0.5) is 0 Å². The molecule has 0 radical (unpaired) electrons. The first-order valence-corrected chi connectivity index (χ1v) is 11.1. The van der Waals surface area contributed by atoms with E-state index in [4.69, 9.17) is 9.72 Å². The molecule has 32 heavy (non-hydrogen) atoms. The number of benzene rings is 3. The van der Waals surface area contributed by atoms with E-state index in [1.807, 2.05) is 67.6 Å². The quantitative estimate of drug-likeness (QED) is 0.276. The molecule has 0 saturated heterocycles. The monoisotopic (exact) mass is 436 g/mol. The minimum atomic E-state index is -0.457. The SMILES string of the molecule is Cc1cccc(C2=N/C(=C/c3cc4cc(C)ccc4nc3Sc3ccccc3)C(=O)O2)c1. The lowest BCUT2D eigenvalue weighted by atomic mass is 10.1. The second-order valence-electron chi connectivity index (χ2n) is 7.70. The van der Waals surface area contributed by atoms with E-state index >= 15 is 0 Å². The molecular weight excluding hydrogens is 416 g/mol. The summed E-state index contributed by atoms with van der Waals surface area (Å²) in [5.74, 6) is -0.131. The van der Waals surface area contributed by atoms with Crippen LogP contribution in [-0.2, 0) is 9.53 Å². The number of fused-ring (bicyclic) bond motifs is 1. The van der Waals surface area contributed by atoms with Gasteiger partial charge in [0.2, 0.25) is 5.90 Å². The molecule has 0 spiro atoms. The third-order valence-corrected chi connectivity index (χ3v) is 6.13. The van der Waals surface area contributed by atoms with Crippen LogP contribution < -0.4 is 0 Å². The molecule has 0 bridgehead atoms. The number of nitrogens with zero attached hydrogens (tertiary/aromatic N) is 2. The number of carbonyl (C=O) groups excluding carboxylic acids is 1. The van der Waals surface area contributed by atoms with Gasteiger partial charge in [-0.05, 0) is 62.4 Å². The van der Waals surface area contributed by atoms with Gasteiger partial charge in [0.1, 0.15) is 5.03 Å². The summed E-state index contributed by atoms with van der Waals surface area (Å²) in [6.07, 6.45) is 1.77. The Kier molecular flexibility index (Phi) is 5.33. The van der Waals surface area contributed by atoms with Crippen molar-refractivity contribution in [2.24, 2.45) is 4.99 Å². The molecule has 5 heteroatoms. The Morgan fingerprint density at radius 2 is 1.69 bits per heavy atom. The number of cyclic esters (lactones) is 1. The Bertz CT molecular complexity index is 1410. The van der Waals surface area contributed by atoms with Crippen molar-refractivity contribution in [3.05, 3.63) is 107 Å². The van der Waals surface area contributed by atoms with Crippen LogP contribution in [0.2, 0.25) is 0 Å². The average Bonchev–Trinajstić information content (AvgIpc) is 3.15. The van der Waals surface area contributed by atoms with Gasteiger partial charge in [0.05, 0.1) is 5.52 Å². The molecule has 0 amide bonds. The molecule has 4 aromatic rings. The smallest absolute Gasteiger partial charge is 0.363 e. The number of esters is 1. The fourth-order valence-corrected chi connectivity index (χ4v) is 4.43. The van der Waals surface area contributed by atoms with E-state index < -0.39 is 5.97 Å². The average molecular weight is 437 g/mol. The van der Waals surface area contributed by atoms with E-state index in [-0.39, 0.29) is 5.70 Å². The molecule has 1 aromatic heterocycles. The number of aromatic nitrogens is 1. The van der Waals surface area contributed by atoms with Crippen molar-refractivity contribution >= 4 is 40.6 Å². The van der Waals surface area contributed by atoms with Crippen molar-refractivity contribution in [2.75, 3.05) is 0 Å². The van der Waals surface area contributed by atoms with Gasteiger partial charge in [-0.2, -0.15) is 0 Å². The number of carbonyl (C=O) groups is 1. The number of hydrogen-bond donors (Lipinski definition) is 0. The summed E-state index contributed by atoms with van der Waals surface area (Å²) in [4.78, 5) is 23.1. The first-order chi connectivity index (χ1) is 15.5. The van der Waals surface area contributed by atoms with Crippen molar-refractivity contribution < 1.29 is 9.53 Å². The Balaban J connectivity index is 1.60. The molecule has 3 aromatic carbocycles. The van der Waals surface area contributed by atoms with E-state index in [1.54, 1.807) is 17.8 Å². The van der Waals surface area contributed by atoms with Gasteiger partial charge < -0.3 is 4.74 Å². The standard InChI is InChI=1S/C27H20N2O2S/c1-17-7-6-8-19(13-17)25-28-24(27(30)31-25)16-21-15-20-14-18(2)11-12-23(20)29-26(21)32-22-9-4-3-5-10-22/h3-16H,1-2H3/b24-16+. The summed E-state index contributed by atoms with van der Waals surface area (Å²) in [5.41, 5.74) is 5.03. The zero-order valence-corrected chi connectivity index (χ0v) is 18.5. The van der Waals surface area contributed by atoms with Gasteiger partial charge in [-0.15, -0.1) is 0 Å². The van der Waals surface area contributed by atoms with Crippen molar-refractivity contribution in [1.82, 2.24) is 4.98 Å². The van der Waals surface area contributed by atoms with E-state index in [2.05, 4.69) is 30.1 Å². The van der Waals surface area contributed by atoms with Crippen LogP contribution in [0.1, 0.15) is 22.3 Å². The Morgan fingerprint density at radius 1 is 0.875 bits per heavy atom. The molecule has 0 atom stereocenters. The largest absolute Gasteiger partial charge is 0.402 e. The van der Waals surface area contributed by atoms with E-state index in [0.717, 1.165) is 43.1 Å². The molecule has 0 saturated carbocycles. The topological polar surface area (TPSA) is 51.5 Å². The molecular formula is C27H20N2O2S. The summed E-state index contributed by atoms with van der Waals surface area (Å²) < 4.78 is 5.47. The molecule has 156 valence electrons. The highest BCUT2D eigenvalue weighted by Crippen LogP contribution is 2.33. The maximum absolute atomic E-state index is 12.6. The predicted molar refractivity (Wildman–Crippen MR) is 129 cm³/mol. The van der Waals surface area contributed by atoms with Gasteiger partial charge in [0, 0.05) is 21.4 Å². The van der Waals surface area contributed by atoms with Gasteiger partial charge >= 0.3 is 5.97 Å². The number of hydrogen-bond acceptors (Lipinski definition) is 5. The molecule has 1 aliphatic heterocycles. The van der Waals surface area contributed by atoms with Crippen molar-refractivity contribution in [3.8, 4) is 0 Å². The molecule has 4 nitrogen and oxygen atoms in total. The zero-order valence-electron chi connectivity index (χ0n) is 17.7. The minimum Gasteiger partial charge on any atom is -0.402 e. The number of ether oxygens (including phenoxy) is 1. The summed E-state index contributed by atoms with van der Waals surface area (Å²) >= 11 is 1.56. The lowest BCUT2D eigenvalue weighted by Gasteiger charge is -2.08. The van der Waals surface area contributed by atoms with Gasteiger partial charge in [-0.1, -0.05) is 59.3 Å². The summed E-state index contributed by atoms with van der Waals surface area (Å²) in [6.45, 7) is 4.05. The van der Waals surface area contributed by atoms with Crippen LogP contribution in [0.25, 0.3) is 17.0 Å². The summed E-state index contributed by atoms with van der Waals surface area (Å²) in [7, 11) is 0. The number of aliphatic imine (C=N–C) groups is 1. The molecule has 0 aliphatic carbocycles. The molecule has 2 heterocycles. The fourth-order valence-electron chi connectivity index (χ4n) is 3.54. The van der Waals surface area contributed by atoms with Gasteiger partial charge in [-0.25, -0.2) is 14.8 Å².